The Balaban J connectivity index is 1.43. The van der Waals surface area contributed by atoms with Gasteiger partial charge in [-0.1, -0.05) is 11.6 Å². The van der Waals surface area contributed by atoms with E-state index in [0.717, 1.165) is 12.1 Å². The highest BCUT2D eigenvalue weighted by Gasteiger charge is 2.12. The molecule has 7 heteroatoms. The number of hydrogen-bond acceptors (Lipinski definition) is 4. The van der Waals surface area contributed by atoms with Crippen LogP contribution in [0, 0.1) is 20.8 Å². The molecule has 0 saturated heterocycles. The number of pyridine rings is 1. The molecule has 1 aromatic carbocycles. The molecule has 7 nitrogen and oxygen atoms in total. The van der Waals surface area contributed by atoms with Crippen molar-refractivity contribution in [2.45, 2.75) is 27.2 Å². The molecular formula is C21H22N6O. The normalized spacial score (nSPS) is 11.1. The van der Waals surface area contributed by atoms with E-state index in [2.05, 4.69) is 58.4 Å². The minimum absolute atomic E-state index is 0.132. The zero-order valence-corrected chi connectivity index (χ0v) is 16.2. The number of benzene rings is 1. The number of nitrogens with one attached hydrogen (secondary N) is 2. The molecule has 0 aliphatic rings. The number of aromatic nitrogens is 5. The van der Waals surface area contributed by atoms with Crippen LogP contribution in [0.25, 0.3) is 16.7 Å². The van der Waals surface area contributed by atoms with Crippen molar-refractivity contribution in [1.82, 2.24) is 30.0 Å². The van der Waals surface area contributed by atoms with E-state index in [-0.39, 0.29) is 5.91 Å². The third kappa shape index (κ3) is 3.38. The minimum Gasteiger partial charge on any atom is -0.358 e. The SMILES string of the molecule is Cc1cc(C)c2[nH]c(C)c(CCNC(=O)c3ccc(-n4cnnc4)nc3)c2c1. The van der Waals surface area contributed by atoms with E-state index in [4.69, 9.17) is 0 Å². The highest BCUT2D eigenvalue weighted by atomic mass is 16.1. The summed E-state index contributed by atoms with van der Waals surface area (Å²) < 4.78 is 1.69. The topological polar surface area (TPSA) is 88.5 Å². The lowest BCUT2D eigenvalue weighted by atomic mass is 10.0. The Bertz CT molecular complexity index is 1130. The fourth-order valence-corrected chi connectivity index (χ4v) is 3.55. The fraction of sp³-hybridized carbons (Fsp3) is 0.238. The molecule has 0 atom stereocenters. The molecule has 2 N–H and O–H groups in total. The first kappa shape index (κ1) is 17.9. The van der Waals surface area contributed by atoms with Crippen molar-refractivity contribution in [2.24, 2.45) is 0 Å². The van der Waals surface area contributed by atoms with Crippen LogP contribution in [-0.2, 0) is 6.42 Å². The zero-order chi connectivity index (χ0) is 19.7. The van der Waals surface area contributed by atoms with Crippen LogP contribution >= 0.6 is 0 Å². The molecule has 0 bridgehead atoms. The first-order valence-electron chi connectivity index (χ1n) is 9.20. The lowest BCUT2D eigenvalue weighted by Gasteiger charge is -2.07. The van der Waals surface area contributed by atoms with Gasteiger partial charge in [0.25, 0.3) is 5.91 Å². The van der Waals surface area contributed by atoms with Gasteiger partial charge in [0.05, 0.1) is 5.56 Å². The Kier molecular flexibility index (Phi) is 4.65. The molecular weight excluding hydrogens is 352 g/mol. The Labute approximate surface area is 162 Å². The second-order valence-electron chi connectivity index (χ2n) is 7.01. The van der Waals surface area contributed by atoms with Gasteiger partial charge >= 0.3 is 0 Å². The van der Waals surface area contributed by atoms with Gasteiger partial charge in [-0.3, -0.25) is 9.36 Å². The first-order valence-corrected chi connectivity index (χ1v) is 9.20. The van der Waals surface area contributed by atoms with Crippen LogP contribution in [0.5, 0.6) is 0 Å². The summed E-state index contributed by atoms with van der Waals surface area (Å²) in [5.74, 6) is 0.536. The average molecular weight is 374 g/mol. The summed E-state index contributed by atoms with van der Waals surface area (Å²) in [6.07, 6.45) is 5.46. The number of hydrogen-bond donors (Lipinski definition) is 2. The third-order valence-corrected chi connectivity index (χ3v) is 4.92. The highest BCUT2D eigenvalue weighted by molar-refractivity contribution is 5.94. The number of H-pyrrole nitrogens is 1. The summed E-state index contributed by atoms with van der Waals surface area (Å²) in [5, 5.41) is 11.7. The van der Waals surface area contributed by atoms with Crippen LogP contribution in [-0.4, -0.2) is 37.2 Å². The number of nitrogens with zero attached hydrogens (tertiary/aromatic N) is 4. The maximum Gasteiger partial charge on any atom is 0.252 e. The van der Waals surface area contributed by atoms with E-state index in [0.29, 0.717) is 17.9 Å². The Morgan fingerprint density at radius 3 is 2.64 bits per heavy atom. The van der Waals surface area contributed by atoms with Crippen molar-refractivity contribution in [3.05, 3.63) is 71.1 Å². The molecule has 28 heavy (non-hydrogen) atoms. The number of aromatic amines is 1. The predicted molar refractivity (Wildman–Crippen MR) is 108 cm³/mol. The molecule has 3 heterocycles. The molecule has 0 radical (unpaired) electrons. The van der Waals surface area contributed by atoms with E-state index < -0.39 is 0 Å². The molecule has 142 valence electrons. The van der Waals surface area contributed by atoms with Gasteiger partial charge in [0, 0.05) is 29.3 Å². The predicted octanol–water partition coefficient (Wildman–Crippen LogP) is 3.04. The van der Waals surface area contributed by atoms with Crippen LogP contribution in [0.2, 0.25) is 0 Å². The number of amides is 1. The van der Waals surface area contributed by atoms with Gasteiger partial charge in [-0.05, 0) is 56.5 Å². The van der Waals surface area contributed by atoms with E-state index in [9.17, 15) is 4.79 Å². The maximum atomic E-state index is 12.4. The van der Waals surface area contributed by atoms with Crippen molar-refractivity contribution in [2.75, 3.05) is 6.54 Å². The van der Waals surface area contributed by atoms with Gasteiger partial charge < -0.3 is 10.3 Å². The molecule has 0 fully saturated rings. The van der Waals surface area contributed by atoms with Gasteiger partial charge in [0.2, 0.25) is 0 Å². The van der Waals surface area contributed by atoms with Crippen LogP contribution in [0.1, 0.15) is 32.7 Å². The van der Waals surface area contributed by atoms with Crippen LogP contribution in [0.4, 0.5) is 0 Å². The Morgan fingerprint density at radius 2 is 1.93 bits per heavy atom. The molecule has 4 aromatic rings. The summed E-state index contributed by atoms with van der Waals surface area (Å²) >= 11 is 0. The number of rotatable bonds is 5. The van der Waals surface area contributed by atoms with Crippen molar-refractivity contribution in [1.29, 1.82) is 0 Å². The fourth-order valence-electron chi connectivity index (χ4n) is 3.55. The number of carbonyl (C=O) groups is 1. The van der Waals surface area contributed by atoms with Gasteiger partial charge in [-0.15, -0.1) is 10.2 Å². The van der Waals surface area contributed by atoms with Crippen molar-refractivity contribution in [3.8, 4) is 5.82 Å². The summed E-state index contributed by atoms with van der Waals surface area (Å²) in [7, 11) is 0. The molecule has 3 aromatic heterocycles. The average Bonchev–Trinajstić information content (AvgIpc) is 3.31. The molecule has 0 aliphatic heterocycles. The van der Waals surface area contributed by atoms with Gasteiger partial charge in [0.1, 0.15) is 18.5 Å². The van der Waals surface area contributed by atoms with Crippen molar-refractivity contribution < 1.29 is 4.79 Å². The number of aryl methyl sites for hydroxylation is 3. The quantitative estimate of drug-likeness (QED) is 0.562. The molecule has 0 saturated carbocycles. The molecule has 0 aliphatic carbocycles. The number of fused-ring (bicyclic) bond motifs is 1. The van der Waals surface area contributed by atoms with E-state index in [1.807, 2.05) is 0 Å². The second kappa shape index (κ2) is 7.26. The lowest BCUT2D eigenvalue weighted by Crippen LogP contribution is -2.26. The van der Waals surface area contributed by atoms with E-state index >= 15 is 0 Å². The van der Waals surface area contributed by atoms with Gasteiger partial charge in [-0.2, -0.15) is 0 Å². The maximum absolute atomic E-state index is 12.4. The second-order valence-corrected chi connectivity index (χ2v) is 7.01. The van der Waals surface area contributed by atoms with E-state index in [1.54, 1.807) is 35.6 Å². The molecule has 0 spiro atoms. The van der Waals surface area contributed by atoms with Gasteiger partial charge in [0.15, 0.2) is 0 Å². The number of carbonyl (C=O) groups excluding carboxylic acids is 1. The summed E-state index contributed by atoms with van der Waals surface area (Å²) in [5.41, 5.74) is 6.60. The third-order valence-electron chi connectivity index (χ3n) is 4.92. The van der Waals surface area contributed by atoms with Crippen LogP contribution in [0.3, 0.4) is 0 Å². The van der Waals surface area contributed by atoms with Crippen LogP contribution in [0.15, 0.2) is 43.1 Å². The zero-order valence-electron chi connectivity index (χ0n) is 16.2. The molecule has 1 amide bonds. The molecule has 0 unspecified atom stereocenters. The smallest absolute Gasteiger partial charge is 0.252 e. The van der Waals surface area contributed by atoms with E-state index in [1.165, 1.54) is 27.6 Å². The van der Waals surface area contributed by atoms with Crippen molar-refractivity contribution in [3.63, 3.8) is 0 Å². The molecule has 4 rings (SSSR count). The minimum atomic E-state index is -0.132. The highest BCUT2D eigenvalue weighted by Crippen LogP contribution is 2.26. The standard InChI is InChI=1S/C21H22N6O/c1-13-8-14(2)20-18(9-13)17(15(3)26-20)6-7-22-21(28)16-4-5-19(23-10-16)27-11-24-25-12-27/h4-5,8-12,26H,6-7H2,1-3H3,(H,22,28). The monoisotopic (exact) mass is 374 g/mol. The summed E-state index contributed by atoms with van der Waals surface area (Å²) in [6, 6.07) is 7.91. The van der Waals surface area contributed by atoms with Crippen LogP contribution < -0.4 is 5.32 Å². The Hall–Kier alpha value is -3.48. The van der Waals surface area contributed by atoms with Crippen molar-refractivity contribution >= 4 is 16.8 Å². The Morgan fingerprint density at radius 1 is 1.14 bits per heavy atom. The largest absolute Gasteiger partial charge is 0.358 e. The first-order chi connectivity index (χ1) is 13.5. The lowest BCUT2D eigenvalue weighted by molar-refractivity contribution is 0.0954. The summed E-state index contributed by atoms with van der Waals surface area (Å²) in [4.78, 5) is 20.2. The summed E-state index contributed by atoms with van der Waals surface area (Å²) in [6.45, 7) is 6.87. The van der Waals surface area contributed by atoms with Gasteiger partial charge in [-0.25, -0.2) is 4.98 Å².